The van der Waals surface area contributed by atoms with Crippen molar-refractivity contribution in [2.75, 3.05) is 24.4 Å². The second-order valence-electron chi connectivity index (χ2n) is 9.71. The van der Waals surface area contributed by atoms with Gasteiger partial charge in [-0.15, -0.1) is 0 Å². The summed E-state index contributed by atoms with van der Waals surface area (Å²) >= 11 is 0. The Balaban J connectivity index is 1.74. The molecule has 5 rings (SSSR count). The molecule has 0 bridgehead atoms. The van der Waals surface area contributed by atoms with E-state index in [9.17, 15) is 17.6 Å². The van der Waals surface area contributed by atoms with Crippen LogP contribution in [0.3, 0.4) is 0 Å². The molecule has 0 saturated carbocycles. The Labute approximate surface area is 216 Å². The van der Waals surface area contributed by atoms with Crippen molar-refractivity contribution < 1.29 is 17.5 Å². The number of rotatable bonds is 5. The number of aromatic nitrogens is 6. The number of nitrogens with one attached hydrogen (secondary N) is 2. The molecule has 0 radical (unpaired) electrons. The number of benzene rings is 2. The smallest absolute Gasteiger partial charge is 0.335 e. The Bertz CT molecular complexity index is 1900. The number of aromatic amines is 1. The van der Waals surface area contributed by atoms with Crippen molar-refractivity contribution in [3.05, 3.63) is 52.8 Å². The summed E-state index contributed by atoms with van der Waals surface area (Å²) in [5.74, 6) is -0.219. The minimum Gasteiger partial charge on any atom is -0.495 e. The molecule has 0 unspecified atom stereocenters. The van der Waals surface area contributed by atoms with Gasteiger partial charge in [-0.25, -0.2) is 17.6 Å². The van der Waals surface area contributed by atoms with Crippen molar-refractivity contribution in [1.82, 2.24) is 29.3 Å². The Morgan fingerprint density at radius 2 is 1.89 bits per heavy atom. The standard InChI is InChI=1S/C24H25FN8O4S/c1-24(2,3)33-21-19(32(23(33)34)16-9-7-14(25)18-13(16)11-27-31-18)20(26)29-22(30-21)28-15-8-6-12(38(5,35)36)10-17(15)37-4/h6-11H,1-5H3,(H,27,31)(H3,26,28,29,30). The van der Waals surface area contributed by atoms with E-state index in [0.29, 0.717) is 16.8 Å². The predicted molar refractivity (Wildman–Crippen MR) is 142 cm³/mol. The van der Waals surface area contributed by atoms with E-state index in [1.807, 2.05) is 20.8 Å². The fourth-order valence-corrected chi connectivity index (χ4v) is 4.95. The number of nitrogens with two attached hydrogens (primary N) is 1. The minimum absolute atomic E-state index is 0.00899. The quantitative estimate of drug-likeness (QED) is 0.304. The zero-order valence-electron chi connectivity index (χ0n) is 21.2. The number of ether oxygens (including phenoxy) is 1. The fraction of sp³-hybridized carbons (Fsp3) is 0.250. The van der Waals surface area contributed by atoms with E-state index in [4.69, 9.17) is 10.5 Å². The second kappa shape index (κ2) is 8.55. The first-order valence-corrected chi connectivity index (χ1v) is 13.3. The van der Waals surface area contributed by atoms with Gasteiger partial charge in [-0.05, 0) is 45.0 Å². The molecule has 3 heterocycles. The Morgan fingerprint density at radius 1 is 1.16 bits per heavy atom. The maximum absolute atomic E-state index is 14.4. The third-order valence-corrected chi connectivity index (χ3v) is 7.12. The van der Waals surface area contributed by atoms with Crippen LogP contribution in [0.15, 0.2) is 46.2 Å². The third kappa shape index (κ3) is 4.02. The summed E-state index contributed by atoms with van der Waals surface area (Å²) in [6, 6.07) is 7.04. The highest BCUT2D eigenvalue weighted by molar-refractivity contribution is 7.90. The van der Waals surface area contributed by atoms with Gasteiger partial charge in [-0.2, -0.15) is 15.1 Å². The molecule has 38 heavy (non-hydrogen) atoms. The van der Waals surface area contributed by atoms with Gasteiger partial charge < -0.3 is 15.8 Å². The summed E-state index contributed by atoms with van der Waals surface area (Å²) in [5.41, 5.74) is 6.62. The molecule has 3 aromatic heterocycles. The average molecular weight is 541 g/mol. The zero-order chi connectivity index (χ0) is 27.6. The third-order valence-electron chi connectivity index (χ3n) is 6.01. The largest absolute Gasteiger partial charge is 0.495 e. The molecule has 4 N–H and O–H groups in total. The van der Waals surface area contributed by atoms with Gasteiger partial charge in [-0.1, -0.05) is 0 Å². The van der Waals surface area contributed by atoms with Crippen LogP contribution >= 0.6 is 0 Å². The highest BCUT2D eigenvalue weighted by Crippen LogP contribution is 2.33. The van der Waals surface area contributed by atoms with Gasteiger partial charge in [0.1, 0.15) is 22.6 Å². The highest BCUT2D eigenvalue weighted by Gasteiger charge is 2.28. The first-order valence-electron chi connectivity index (χ1n) is 11.4. The van der Waals surface area contributed by atoms with Crippen molar-refractivity contribution in [1.29, 1.82) is 0 Å². The molecule has 0 aliphatic heterocycles. The lowest BCUT2D eigenvalue weighted by Crippen LogP contribution is -2.34. The topological polar surface area (TPSA) is 163 Å². The molecule has 0 aliphatic rings. The highest BCUT2D eigenvalue weighted by atomic mass is 32.2. The average Bonchev–Trinajstić information content (AvgIpc) is 3.42. The Kier molecular flexibility index (Phi) is 5.67. The van der Waals surface area contributed by atoms with Crippen LogP contribution in [0.2, 0.25) is 0 Å². The van der Waals surface area contributed by atoms with E-state index < -0.39 is 26.9 Å². The first kappa shape index (κ1) is 25.2. The van der Waals surface area contributed by atoms with Gasteiger partial charge in [0.05, 0.1) is 29.6 Å². The molecule has 198 valence electrons. The molecule has 14 heteroatoms. The Morgan fingerprint density at radius 3 is 2.55 bits per heavy atom. The van der Waals surface area contributed by atoms with E-state index in [-0.39, 0.29) is 39.1 Å². The summed E-state index contributed by atoms with van der Waals surface area (Å²) in [6.45, 7) is 5.53. The fourth-order valence-electron chi connectivity index (χ4n) is 4.31. The number of anilines is 3. The van der Waals surface area contributed by atoms with Crippen LogP contribution in [0.25, 0.3) is 27.8 Å². The Hall–Kier alpha value is -4.46. The lowest BCUT2D eigenvalue weighted by molar-refractivity contribution is 0.392. The number of sulfone groups is 1. The van der Waals surface area contributed by atoms with E-state index in [0.717, 1.165) is 6.26 Å². The number of H-pyrrole nitrogens is 1. The zero-order valence-corrected chi connectivity index (χ0v) is 22.0. The molecule has 0 atom stereocenters. The maximum atomic E-state index is 14.4. The van der Waals surface area contributed by atoms with Crippen LogP contribution in [-0.4, -0.2) is 51.1 Å². The van der Waals surface area contributed by atoms with Crippen LogP contribution in [0, 0.1) is 5.82 Å². The number of imidazole rings is 1. The van der Waals surface area contributed by atoms with Crippen LogP contribution < -0.4 is 21.5 Å². The van der Waals surface area contributed by atoms with Gasteiger partial charge in [0, 0.05) is 23.2 Å². The number of methoxy groups -OCH3 is 1. The maximum Gasteiger partial charge on any atom is 0.335 e. The van der Waals surface area contributed by atoms with Crippen molar-refractivity contribution in [2.24, 2.45) is 0 Å². The lowest BCUT2D eigenvalue weighted by Gasteiger charge is -2.20. The summed E-state index contributed by atoms with van der Waals surface area (Å²) in [7, 11) is -2.05. The van der Waals surface area contributed by atoms with Crippen molar-refractivity contribution >= 4 is 49.4 Å². The summed E-state index contributed by atoms with van der Waals surface area (Å²) in [4.78, 5) is 22.9. The van der Waals surface area contributed by atoms with E-state index in [1.54, 1.807) is 0 Å². The van der Waals surface area contributed by atoms with E-state index >= 15 is 0 Å². The summed E-state index contributed by atoms with van der Waals surface area (Å²) in [5, 5.41) is 9.92. The molecular weight excluding hydrogens is 515 g/mol. The number of hydrogen-bond acceptors (Lipinski definition) is 9. The van der Waals surface area contributed by atoms with E-state index in [1.165, 1.54) is 52.8 Å². The predicted octanol–water partition coefficient (Wildman–Crippen LogP) is 3.09. The van der Waals surface area contributed by atoms with Crippen molar-refractivity contribution in [3.8, 4) is 11.4 Å². The number of fused-ring (bicyclic) bond motifs is 2. The molecule has 0 amide bonds. The lowest BCUT2D eigenvalue weighted by atomic mass is 10.1. The SMILES string of the molecule is COc1cc(S(C)(=O)=O)ccc1Nc1nc(N)c2c(n1)n(C(C)(C)C)c(=O)n2-c1ccc(F)c2[nH]ncc12. The van der Waals surface area contributed by atoms with Gasteiger partial charge in [0.2, 0.25) is 5.95 Å². The monoisotopic (exact) mass is 540 g/mol. The molecule has 2 aromatic carbocycles. The molecule has 5 aromatic rings. The summed E-state index contributed by atoms with van der Waals surface area (Å²) < 4.78 is 46.4. The summed E-state index contributed by atoms with van der Waals surface area (Å²) in [6.07, 6.45) is 2.53. The normalized spacial score (nSPS) is 12.4. The van der Waals surface area contributed by atoms with Gasteiger partial charge in [0.25, 0.3) is 0 Å². The van der Waals surface area contributed by atoms with Crippen LogP contribution in [-0.2, 0) is 15.4 Å². The molecule has 12 nitrogen and oxygen atoms in total. The first-order chi connectivity index (χ1) is 17.8. The number of nitrogens with zero attached hydrogens (tertiary/aromatic N) is 5. The van der Waals surface area contributed by atoms with Crippen molar-refractivity contribution in [3.63, 3.8) is 0 Å². The van der Waals surface area contributed by atoms with Gasteiger partial charge >= 0.3 is 5.69 Å². The minimum atomic E-state index is -3.46. The molecule has 0 aliphatic carbocycles. The number of nitrogen functional groups attached to an aromatic ring is 1. The molecule has 0 saturated heterocycles. The van der Waals surface area contributed by atoms with Crippen LogP contribution in [0.4, 0.5) is 21.8 Å². The molecule has 0 spiro atoms. The van der Waals surface area contributed by atoms with Gasteiger partial charge in [-0.3, -0.25) is 14.2 Å². The molecule has 0 fully saturated rings. The van der Waals surface area contributed by atoms with Gasteiger partial charge in [0.15, 0.2) is 21.3 Å². The van der Waals surface area contributed by atoms with Crippen molar-refractivity contribution in [2.45, 2.75) is 31.2 Å². The molecular formula is C24H25FN8O4S. The van der Waals surface area contributed by atoms with E-state index in [2.05, 4.69) is 25.5 Å². The number of halogens is 1. The second-order valence-corrected chi connectivity index (χ2v) is 11.7. The van der Waals surface area contributed by atoms with Crippen LogP contribution in [0.5, 0.6) is 5.75 Å². The number of hydrogen-bond donors (Lipinski definition) is 3. The van der Waals surface area contributed by atoms with Crippen LogP contribution in [0.1, 0.15) is 20.8 Å².